The normalized spacial score (nSPS) is 8.29. The highest BCUT2D eigenvalue weighted by atomic mass is 19.2. The van der Waals surface area contributed by atoms with Crippen LogP contribution in [0.5, 0.6) is 0 Å². The fourth-order valence-electron chi connectivity index (χ4n) is 0.244. The van der Waals surface area contributed by atoms with Crippen LogP contribution in [-0.4, -0.2) is 7.27 Å². The van der Waals surface area contributed by atoms with Gasteiger partial charge in [-0.15, -0.1) is 6.58 Å². The molecule has 0 bridgehead atoms. The Morgan fingerprint density at radius 2 is 2.14 bits per heavy atom. The highest BCUT2D eigenvalue weighted by molar-refractivity contribution is 6.42. The van der Waals surface area contributed by atoms with Gasteiger partial charge in [0.05, 0.1) is 0 Å². The van der Waals surface area contributed by atoms with E-state index in [0.29, 0.717) is 6.42 Å². The molecule has 0 aliphatic carbocycles. The maximum absolute atomic E-state index is 11.2. The third-order valence-corrected chi connectivity index (χ3v) is 0.589. The molecule has 3 heteroatoms. The first-order valence-electron chi connectivity index (χ1n) is 2.16. The summed E-state index contributed by atoms with van der Waals surface area (Å²) < 4.78 is 22.3. The van der Waals surface area contributed by atoms with Crippen LogP contribution in [0.2, 0.25) is 6.32 Å². The highest BCUT2D eigenvalue weighted by Crippen LogP contribution is 1.98. The van der Waals surface area contributed by atoms with Crippen LogP contribution in [0.1, 0.15) is 6.42 Å². The number of hydrogen-bond acceptors (Lipinski definition) is 0. The van der Waals surface area contributed by atoms with Gasteiger partial charge in [-0.3, -0.25) is 8.63 Å². The lowest BCUT2D eigenvalue weighted by Gasteiger charge is -1.83. The van der Waals surface area contributed by atoms with Crippen LogP contribution in [0.25, 0.3) is 0 Å². The van der Waals surface area contributed by atoms with Gasteiger partial charge >= 0.3 is 7.27 Å². The minimum atomic E-state index is -2.17. The van der Waals surface area contributed by atoms with Crippen molar-refractivity contribution in [1.29, 1.82) is 0 Å². The molecule has 7 heavy (non-hydrogen) atoms. The van der Waals surface area contributed by atoms with Gasteiger partial charge in [0.15, 0.2) is 0 Å². The van der Waals surface area contributed by atoms with Crippen molar-refractivity contribution in [3.05, 3.63) is 12.7 Å². The van der Waals surface area contributed by atoms with E-state index in [0.717, 1.165) is 0 Å². The quantitative estimate of drug-likeness (QED) is 0.379. The Hall–Kier alpha value is -0.335. The summed E-state index contributed by atoms with van der Waals surface area (Å²) in [6.07, 6.45) is 1.85. The zero-order valence-electron chi connectivity index (χ0n) is 4.03. The number of halogens is 2. The molecule has 0 aromatic carbocycles. The van der Waals surface area contributed by atoms with E-state index in [1.807, 2.05) is 0 Å². The Balaban J connectivity index is 2.81. The van der Waals surface area contributed by atoms with Crippen LogP contribution in [-0.2, 0) is 0 Å². The van der Waals surface area contributed by atoms with E-state index in [-0.39, 0.29) is 6.32 Å². The van der Waals surface area contributed by atoms with Gasteiger partial charge in [-0.1, -0.05) is 6.08 Å². The van der Waals surface area contributed by atoms with E-state index < -0.39 is 7.27 Å². The largest absolute Gasteiger partial charge is 0.538 e. The molecule has 0 rings (SSSR count). The zero-order chi connectivity index (χ0) is 5.70. The Bertz CT molecular complexity index is 53.7. The molecule has 0 aliphatic rings. The van der Waals surface area contributed by atoms with Crippen molar-refractivity contribution in [2.24, 2.45) is 0 Å². The lowest BCUT2D eigenvalue weighted by atomic mass is 9.91. The van der Waals surface area contributed by atoms with Crippen LogP contribution in [0.15, 0.2) is 12.7 Å². The van der Waals surface area contributed by atoms with Gasteiger partial charge in [0, 0.05) is 0 Å². The average Bonchev–Trinajstić information content (AvgIpc) is 1.61. The van der Waals surface area contributed by atoms with E-state index in [2.05, 4.69) is 6.58 Å². The summed E-state index contributed by atoms with van der Waals surface area (Å²) in [4.78, 5) is 0. The van der Waals surface area contributed by atoms with E-state index in [9.17, 15) is 8.63 Å². The first-order valence-corrected chi connectivity index (χ1v) is 2.16. The Labute approximate surface area is 42.4 Å². The van der Waals surface area contributed by atoms with Gasteiger partial charge in [0.25, 0.3) is 0 Å². The van der Waals surface area contributed by atoms with Crippen molar-refractivity contribution >= 4 is 7.27 Å². The van der Waals surface area contributed by atoms with Crippen molar-refractivity contribution in [3.63, 3.8) is 0 Å². The van der Waals surface area contributed by atoms with E-state index in [1.54, 1.807) is 0 Å². The second kappa shape index (κ2) is 3.84. The van der Waals surface area contributed by atoms with Gasteiger partial charge in [-0.05, 0) is 12.7 Å². The Morgan fingerprint density at radius 3 is 2.29 bits per heavy atom. The van der Waals surface area contributed by atoms with Crippen molar-refractivity contribution in [1.82, 2.24) is 0 Å². The van der Waals surface area contributed by atoms with Crippen LogP contribution < -0.4 is 0 Å². The van der Waals surface area contributed by atoms with Gasteiger partial charge < -0.3 is 0 Å². The average molecular weight is 104 g/mol. The predicted octanol–water partition coefficient (Wildman–Crippen LogP) is 1.99. The number of hydrogen-bond donors (Lipinski definition) is 0. The van der Waals surface area contributed by atoms with Crippen molar-refractivity contribution in [3.8, 4) is 0 Å². The third kappa shape index (κ3) is 5.66. The fraction of sp³-hybridized carbons (Fsp3) is 0.500. The molecule has 0 aliphatic heterocycles. The van der Waals surface area contributed by atoms with E-state index >= 15 is 0 Å². The molecule has 0 heterocycles. The molecule has 0 radical (unpaired) electrons. The van der Waals surface area contributed by atoms with Crippen LogP contribution >= 0.6 is 0 Å². The number of rotatable bonds is 3. The molecule has 0 unspecified atom stereocenters. The van der Waals surface area contributed by atoms with Gasteiger partial charge in [0.1, 0.15) is 0 Å². The monoisotopic (exact) mass is 104 g/mol. The molecule has 0 spiro atoms. The topological polar surface area (TPSA) is 0 Å². The molecule has 0 amide bonds. The molecular weight excluding hydrogens is 96.9 g/mol. The predicted molar refractivity (Wildman–Crippen MR) is 27.6 cm³/mol. The zero-order valence-corrected chi connectivity index (χ0v) is 4.03. The first kappa shape index (κ1) is 6.66. The first-order chi connectivity index (χ1) is 3.27. The van der Waals surface area contributed by atoms with Crippen LogP contribution in [0.3, 0.4) is 0 Å². The van der Waals surface area contributed by atoms with Gasteiger partial charge in [0.2, 0.25) is 0 Å². The fourth-order valence-corrected chi connectivity index (χ4v) is 0.244. The standard InChI is InChI=1S/C4H7BF2/c1-2-3-4-5(6)7/h2H,1,3-4H2. The lowest BCUT2D eigenvalue weighted by molar-refractivity contribution is 0.652. The second-order valence-electron chi connectivity index (χ2n) is 1.26. The number of allylic oxidation sites excluding steroid dienone is 1. The van der Waals surface area contributed by atoms with Crippen molar-refractivity contribution in [2.75, 3.05) is 0 Å². The molecule has 0 saturated carbocycles. The Kier molecular flexibility index (Phi) is 3.66. The third-order valence-electron chi connectivity index (χ3n) is 0.589. The highest BCUT2D eigenvalue weighted by Gasteiger charge is 2.08. The molecule has 0 aromatic rings. The minimum absolute atomic E-state index is 0.0521. The summed E-state index contributed by atoms with van der Waals surface area (Å²) in [5.41, 5.74) is 0. The van der Waals surface area contributed by atoms with Crippen LogP contribution in [0, 0.1) is 0 Å². The van der Waals surface area contributed by atoms with Crippen LogP contribution in [0.4, 0.5) is 8.63 Å². The van der Waals surface area contributed by atoms with E-state index in [1.165, 1.54) is 6.08 Å². The maximum Gasteiger partial charge on any atom is 0.538 e. The summed E-state index contributed by atoms with van der Waals surface area (Å²) in [5.74, 6) is 0. The second-order valence-corrected chi connectivity index (χ2v) is 1.26. The SMILES string of the molecule is C=CCCB(F)F. The smallest absolute Gasteiger partial charge is 0.287 e. The summed E-state index contributed by atoms with van der Waals surface area (Å²) in [7, 11) is -2.17. The summed E-state index contributed by atoms with van der Waals surface area (Å²) in [6.45, 7) is 3.30. The van der Waals surface area contributed by atoms with Gasteiger partial charge in [-0.25, -0.2) is 0 Å². The summed E-state index contributed by atoms with van der Waals surface area (Å²) in [5, 5.41) is 0. The maximum atomic E-state index is 11.2. The Morgan fingerprint density at radius 1 is 1.57 bits per heavy atom. The molecule has 40 valence electrons. The van der Waals surface area contributed by atoms with E-state index in [4.69, 9.17) is 0 Å². The molecular formula is C4H7BF2. The summed E-state index contributed by atoms with van der Waals surface area (Å²) in [6, 6.07) is 0. The molecule has 0 N–H and O–H groups in total. The molecule has 0 nitrogen and oxygen atoms in total. The van der Waals surface area contributed by atoms with Gasteiger partial charge in [-0.2, -0.15) is 0 Å². The summed E-state index contributed by atoms with van der Waals surface area (Å²) >= 11 is 0. The molecule has 0 saturated heterocycles. The van der Waals surface area contributed by atoms with Crippen molar-refractivity contribution < 1.29 is 8.63 Å². The van der Waals surface area contributed by atoms with Crippen molar-refractivity contribution in [2.45, 2.75) is 12.7 Å². The molecule has 0 fully saturated rings. The minimum Gasteiger partial charge on any atom is -0.287 e. The molecule has 0 aromatic heterocycles. The molecule has 0 atom stereocenters. The lowest BCUT2D eigenvalue weighted by Crippen LogP contribution is -1.92.